The standard InChI is InChI=1S/C24H38O2/c1-15(14-25)17-7-8-18-16-6-9-20-22(2,3)21(26)11-13-24(20,5)19(16)10-12-23(17,18)4/h8,15,17,20-21,25-26H,6-7,9-14H2,1-5H3/t15-,17-,20?,21?,23-,24-/m1/s1. The summed E-state index contributed by atoms with van der Waals surface area (Å²) in [4.78, 5) is 0. The first-order valence-corrected chi connectivity index (χ1v) is 10.9. The summed E-state index contributed by atoms with van der Waals surface area (Å²) < 4.78 is 0. The molecule has 0 radical (unpaired) electrons. The van der Waals surface area contributed by atoms with Crippen molar-refractivity contribution in [1.82, 2.24) is 0 Å². The zero-order chi connectivity index (χ0) is 18.9. The van der Waals surface area contributed by atoms with Crippen LogP contribution in [0.1, 0.15) is 79.6 Å². The summed E-state index contributed by atoms with van der Waals surface area (Å²) in [5, 5.41) is 20.4. The Bertz CT molecular complexity index is 657. The highest BCUT2D eigenvalue weighted by Gasteiger charge is 2.57. The average molecular weight is 359 g/mol. The van der Waals surface area contributed by atoms with Gasteiger partial charge in [0, 0.05) is 6.61 Å². The van der Waals surface area contributed by atoms with Gasteiger partial charge in [0.05, 0.1) is 6.10 Å². The predicted molar refractivity (Wildman–Crippen MR) is 107 cm³/mol. The molecule has 4 aliphatic carbocycles. The fraction of sp³-hybridized carbons (Fsp3) is 0.833. The van der Waals surface area contributed by atoms with Crippen molar-refractivity contribution in [1.29, 1.82) is 0 Å². The van der Waals surface area contributed by atoms with Crippen molar-refractivity contribution in [2.75, 3.05) is 6.61 Å². The molecule has 0 aromatic rings. The van der Waals surface area contributed by atoms with E-state index in [9.17, 15) is 10.2 Å². The third kappa shape index (κ3) is 2.30. The van der Waals surface area contributed by atoms with Gasteiger partial charge in [-0.05, 0) is 90.1 Å². The van der Waals surface area contributed by atoms with Crippen molar-refractivity contribution >= 4 is 0 Å². The number of hydrogen-bond donors (Lipinski definition) is 2. The van der Waals surface area contributed by atoms with E-state index >= 15 is 0 Å². The maximum Gasteiger partial charge on any atom is 0.0594 e. The van der Waals surface area contributed by atoms with Crippen LogP contribution in [0, 0.1) is 34.0 Å². The molecule has 0 spiro atoms. The fourth-order valence-corrected chi connectivity index (χ4v) is 7.70. The Morgan fingerprint density at radius 2 is 1.81 bits per heavy atom. The molecule has 4 rings (SSSR count). The number of aliphatic hydroxyl groups is 2. The smallest absolute Gasteiger partial charge is 0.0594 e. The normalized spacial score (nSPS) is 45.5. The summed E-state index contributed by atoms with van der Waals surface area (Å²) in [5.74, 6) is 1.56. The van der Waals surface area contributed by atoms with E-state index in [1.54, 1.807) is 16.7 Å². The summed E-state index contributed by atoms with van der Waals surface area (Å²) in [6.07, 6.45) is 10.4. The van der Waals surface area contributed by atoms with E-state index < -0.39 is 0 Å². The second-order valence-electron chi connectivity index (χ2n) is 10.9. The lowest BCUT2D eigenvalue weighted by atomic mass is 9.46. The Balaban J connectivity index is 1.74. The van der Waals surface area contributed by atoms with E-state index in [1.165, 1.54) is 25.7 Å². The van der Waals surface area contributed by atoms with Crippen molar-refractivity contribution in [3.63, 3.8) is 0 Å². The first-order chi connectivity index (χ1) is 12.2. The lowest BCUT2D eigenvalue weighted by Gasteiger charge is -2.59. The molecule has 1 saturated carbocycles. The summed E-state index contributed by atoms with van der Waals surface area (Å²) in [6.45, 7) is 12.1. The Hall–Kier alpha value is -0.600. The van der Waals surface area contributed by atoms with Crippen LogP contribution in [0.15, 0.2) is 22.8 Å². The van der Waals surface area contributed by atoms with Crippen LogP contribution in [-0.4, -0.2) is 22.9 Å². The molecule has 2 N–H and O–H groups in total. The zero-order valence-corrected chi connectivity index (χ0v) is 17.4. The van der Waals surface area contributed by atoms with Crippen molar-refractivity contribution in [2.24, 2.45) is 34.0 Å². The monoisotopic (exact) mass is 358 g/mol. The van der Waals surface area contributed by atoms with E-state index in [4.69, 9.17) is 0 Å². The highest BCUT2D eigenvalue weighted by molar-refractivity contribution is 5.49. The highest BCUT2D eigenvalue weighted by atomic mass is 16.3. The molecule has 0 saturated heterocycles. The summed E-state index contributed by atoms with van der Waals surface area (Å²) >= 11 is 0. The largest absolute Gasteiger partial charge is 0.396 e. The van der Waals surface area contributed by atoms with Crippen LogP contribution < -0.4 is 0 Å². The molecule has 0 heterocycles. The first-order valence-electron chi connectivity index (χ1n) is 10.9. The van der Waals surface area contributed by atoms with Gasteiger partial charge in [-0.15, -0.1) is 0 Å². The van der Waals surface area contributed by atoms with Gasteiger partial charge in [-0.25, -0.2) is 0 Å². The lowest BCUT2D eigenvalue weighted by molar-refractivity contribution is -0.0905. The van der Waals surface area contributed by atoms with Gasteiger partial charge >= 0.3 is 0 Å². The molecule has 2 heteroatoms. The summed E-state index contributed by atoms with van der Waals surface area (Å²) in [6, 6.07) is 0. The first kappa shape index (κ1) is 18.7. The molecule has 26 heavy (non-hydrogen) atoms. The van der Waals surface area contributed by atoms with Gasteiger partial charge in [0.1, 0.15) is 0 Å². The van der Waals surface area contributed by atoms with Gasteiger partial charge in [0.15, 0.2) is 0 Å². The van der Waals surface area contributed by atoms with Crippen LogP contribution in [0.5, 0.6) is 0 Å². The topological polar surface area (TPSA) is 40.5 Å². The molecule has 2 unspecified atom stereocenters. The van der Waals surface area contributed by atoms with Crippen LogP contribution in [0.25, 0.3) is 0 Å². The number of hydrogen-bond acceptors (Lipinski definition) is 2. The second-order valence-corrected chi connectivity index (χ2v) is 10.9. The third-order valence-corrected chi connectivity index (χ3v) is 9.40. The van der Waals surface area contributed by atoms with Crippen molar-refractivity contribution < 1.29 is 10.2 Å². The van der Waals surface area contributed by atoms with Gasteiger partial charge in [-0.1, -0.05) is 46.3 Å². The molecule has 0 aliphatic heterocycles. The number of rotatable bonds is 2. The lowest BCUT2D eigenvalue weighted by Crippen LogP contribution is -2.53. The minimum Gasteiger partial charge on any atom is -0.396 e. The van der Waals surface area contributed by atoms with Crippen LogP contribution in [0.4, 0.5) is 0 Å². The maximum atomic E-state index is 10.6. The van der Waals surface area contributed by atoms with Gasteiger partial charge in [0.25, 0.3) is 0 Å². The molecule has 2 nitrogen and oxygen atoms in total. The fourth-order valence-electron chi connectivity index (χ4n) is 7.70. The maximum absolute atomic E-state index is 10.6. The molecule has 0 aromatic heterocycles. The molecular formula is C24H38O2. The number of allylic oxidation sites excluding steroid dienone is 4. The minimum absolute atomic E-state index is 0.0181. The van der Waals surface area contributed by atoms with Crippen molar-refractivity contribution in [2.45, 2.75) is 85.7 Å². The highest BCUT2D eigenvalue weighted by Crippen LogP contribution is 2.66. The van der Waals surface area contributed by atoms with Crippen molar-refractivity contribution in [3.8, 4) is 0 Å². The van der Waals surface area contributed by atoms with E-state index in [2.05, 4.69) is 40.7 Å². The molecule has 4 aliphatic rings. The minimum atomic E-state index is -0.155. The second kappa shape index (κ2) is 5.95. The molecule has 146 valence electrons. The van der Waals surface area contributed by atoms with Crippen LogP contribution >= 0.6 is 0 Å². The zero-order valence-electron chi connectivity index (χ0n) is 17.4. The van der Waals surface area contributed by atoms with Crippen LogP contribution in [0.3, 0.4) is 0 Å². The van der Waals surface area contributed by atoms with Gasteiger partial charge < -0.3 is 10.2 Å². The van der Waals surface area contributed by atoms with E-state index in [0.29, 0.717) is 24.4 Å². The van der Waals surface area contributed by atoms with E-state index in [1.807, 2.05) is 0 Å². The summed E-state index contributed by atoms with van der Waals surface area (Å²) in [5.41, 5.74) is 5.58. The van der Waals surface area contributed by atoms with Gasteiger partial charge in [0.2, 0.25) is 0 Å². The van der Waals surface area contributed by atoms with Crippen LogP contribution in [0.2, 0.25) is 0 Å². The molecule has 0 amide bonds. The number of aliphatic hydroxyl groups excluding tert-OH is 2. The molecule has 1 fully saturated rings. The van der Waals surface area contributed by atoms with Gasteiger partial charge in [-0.3, -0.25) is 0 Å². The SMILES string of the molecule is C[C@H](CO)[C@H]1CC=C2C3=C(CC[C@@]21C)[C@@]1(C)CCC(O)C(C)(C)C1CC3. The molecule has 6 atom stereocenters. The molecule has 0 aromatic carbocycles. The molecule has 0 bridgehead atoms. The Morgan fingerprint density at radius 1 is 1.08 bits per heavy atom. The Morgan fingerprint density at radius 3 is 2.50 bits per heavy atom. The quantitative estimate of drug-likeness (QED) is 0.707. The van der Waals surface area contributed by atoms with E-state index in [0.717, 1.165) is 19.3 Å². The molecular weight excluding hydrogens is 320 g/mol. The van der Waals surface area contributed by atoms with E-state index in [-0.39, 0.29) is 22.3 Å². The average Bonchev–Trinajstić information content (AvgIpc) is 2.95. The summed E-state index contributed by atoms with van der Waals surface area (Å²) in [7, 11) is 0. The van der Waals surface area contributed by atoms with Crippen LogP contribution in [-0.2, 0) is 0 Å². The predicted octanol–water partition coefficient (Wildman–Crippen LogP) is 5.26. The van der Waals surface area contributed by atoms with Gasteiger partial charge in [-0.2, -0.15) is 0 Å². The Kier molecular flexibility index (Phi) is 4.29. The third-order valence-electron chi connectivity index (χ3n) is 9.40. The Labute approximate surface area is 159 Å². The van der Waals surface area contributed by atoms with Crippen molar-refractivity contribution in [3.05, 3.63) is 22.8 Å². The number of fused-ring (bicyclic) bond motifs is 4.